The van der Waals surface area contributed by atoms with Gasteiger partial charge in [-0.2, -0.15) is 12.6 Å². The first-order chi connectivity index (χ1) is 14.5. The van der Waals surface area contributed by atoms with Gasteiger partial charge in [-0.3, -0.25) is 10.1 Å². The van der Waals surface area contributed by atoms with Gasteiger partial charge in [-0.05, 0) is 65.8 Å². The third-order valence-corrected chi connectivity index (χ3v) is 5.14. The number of rotatable bonds is 8. The predicted octanol–water partition coefficient (Wildman–Crippen LogP) is 4.27. The molecule has 0 saturated heterocycles. The van der Waals surface area contributed by atoms with Crippen LogP contribution in [0.2, 0.25) is 0 Å². The third-order valence-electron chi connectivity index (χ3n) is 4.21. The first kappa shape index (κ1) is 22.3. The molecule has 160 valence electrons. The Balaban J connectivity index is 1.67. The smallest absolute Gasteiger partial charge is 0.412 e. The standard InChI is InChI=1S/C20H20INO7S/c21-12-3-5-15(23)14(8-12)16(2-1-7-26-19(24)10-30)29-20(25)22-13-4-6-17-18(9-13)28-11-27-17/h3-6,8-9,16,23,30H,1-2,7,10-11H2,(H,22,25)/t16-/m1/s1. The van der Waals surface area contributed by atoms with Crippen LogP contribution in [0.5, 0.6) is 17.2 Å². The first-order valence-corrected chi connectivity index (χ1v) is 10.8. The van der Waals surface area contributed by atoms with Crippen molar-refractivity contribution in [3.8, 4) is 17.2 Å². The van der Waals surface area contributed by atoms with Crippen molar-refractivity contribution in [3.63, 3.8) is 0 Å². The summed E-state index contributed by atoms with van der Waals surface area (Å²) in [6, 6.07) is 10.0. The SMILES string of the molecule is O=C(CS)OCCC[C@@H](OC(=O)Nc1ccc2c(c1)OCO2)c1cc(I)ccc1O. The second kappa shape index (κ2) is 10.6. The van der Waals surface area contributed by atoms with Crippen LogP contribution in [0.4, 0.5) is 10.5 Å². The van der Waals surface area contributed by atoms with Crippen molar-refractivity contribution in [1.29, 1.82) is 0 Å². The number of ether oxygens (including phenoxy) is 4. The second-order valence-corrected chi connectivity index (χ2v) is 7.87. The zero-order valence-electron chi connectivity index (χ0n) is 15.8. The number of thiol groups is 1. The maximum Gasteiger partial charge on any atom is 0.412 e. The summed E-state index contributed by atoms with van der Waals surface area (Å²) in [4.78, 5) is 23.7. The molecule has 3 rings (SSSR count). The van der Waals surface area contributed by atoms with Gasteiger partial charge in [-0.1, -0.05) is 0 Å². The molecule has 1 aliphatic rings. The molecule has 0 aromatic heterocycles. The molecule has 8 nitrogen and oxygen atoms in total. The lowest BCUT2D eigenvalue weighted by atomic mass is 10.0. The molecular weight excluding hydrogens is 525 g/mol. The van der Waals surface area contributed by atoms with Gasteiger partial charge in [0.2, 0.25) is 6.79 Å². The predicted molar refractivity (Wildman–Crippen MR) is 120 cm³/mol. The fourth-order valence-corrected chi connectivity index (χ4v) is 3.42. The minimum atomic E-state index is -0.733. The molecule has 10 heteroatoms. The second-order valence-electron chi connectivity index (χ2n) is 6.31. The van der Waals surface area contributed by atoms with E-state index < -0.39 is 18.2 Å². The Hall–Kier alpha value is -2.34. The van der Waals surface area contributed by atoms with Gasteiger partial charge in [0.05, 0.1) is 12.4 Å². The Labute approximate surface area is 192 Å². The van der Waals surface area contributed by atoms with Gasteiger partial charge in [-0.25, -0.2) is 4.79 Å². The van der Waals surface area contributed by atoms with Crippen LogP contribution in [-0.2, 0) is 14.3 Å². The molecule has 1 aliphatic heterocycles. The van der Waals surface area contributed by atoms with E-state index in [1.807, 2.05) is 0 Å². The summed E-state index contributed by atoms with van der Waals surface area (Å²) in [5.74, 6) is 0.726. The number of phenols is 1. The highest BCUT2D eigenvalue weighted by molar-refractivity contribution is 14.1. The fraction of sp³-hybridized carbons (Fsp3) is 0.300. The zero-order valence-corrected chi connectivity index (χ0v) is 18.9. The molecule has 2 N–H and O–H groups in total. The number of carbonyl (C=O) groups is 2. The summed E-state index contributed by atoms with van der Waals surface area (Å²) in [5.41, 5.74) is 0.959. The molecule has 0 aliphatic carbocycles. The Bertz CT molecular complexity index is 924. The molecule has 0 bridgehead atoms. The molecule has 2 aromatic rings. The van der Waals surface area contributed by atoms with Gasteiger partial charge < -0.3 is 24.1 Å². The van der Waals surface area contributed by atoms with Crippen LogP contribution >= 0.6 is 35.2 Å². The Morgan fingerprint density at radius 1 is 1.20 bits per heavy atom. The maximum atomic E-state index is 12.5. The zero-order chi connectivity index (χ0) is 21.5. The lowest BCUT2D eigenvalue weighted by molar-refractivity contribution is -0.140. The molecule has 1 amide bonds. The Morgan fingerprint density at radius 3 is 2.80 bits per heavy atom. The molecule has 2 aromatic carbocycles. The van der Waals surface area contributed by atoms with Crippen molar-refractivity contribution >= 4 is 53.0 Å². The summed E-state index contributed by atoms with van der Waals surface area (Å²) >= 11 is 5.97. The first-order valence-electron chi connectivity index (χ1n) is 9.08. The van der Waals surface area contributed by atoms with E-state index in [0.29, 0.717) is 35.6 Å². The van der Waals surface area contributed by atoms with E-state index in [1.165, 1.54) is 0 Å². The number of hydrogen-bond acceptors (Lipinski definition) is 8. The summed E-state index contributed by atoms with van der Waals surface area (Å²) in [5, 5.41) is 12.9. The van der Waals surface area contributed by atoms with Crippen LogP contribution < -0.4 is 14.8 Å². The Morgan fingerprint density at radius 2 is 2.00 bits per heavy atom. The van der Waals surface area contributed by atoms with Crippen molar-refractivity contribution in [2.75, 3.05) is 24.5 Å². The summed E-state index contributed by atoms with van der Waals surface area (Å²) < 4.78 is 22.0. The Kier molecular flexibility index (Phi) is 7.91. The van der Waals surface area contributed by atoms with E-state index in [-0.39, 0.29) is 24.9 Å². The highest BCUT2D eigenvalue weighted by atomic mass is 127. The van der Waals surface area contributed by atoms with E-state index >= 15 is 0 Å². The molecule has 0 spiro atoms. The van der Waals surface area contributed by atoms with Crippen LogP contribution in [0, 0.1) is 3.57 Å². The monoisotopic (exact) mass is 545 g/mol. The molecule has 0 saturated carbocycles. The highest BCUT2D eigenvalue weighted by Gasteiger charge is 2.22. The molecule has 0 unspecified atom stereocenters. The van der Waals surface area contributed by atoms with E-state index in [9.17, 15) is 14.7 Å². The highest BCUT2D eigenvalue weighted by Crippen LogP contribution is 2.35. The number of aromatic hydroxyl groups is 1. The molecule has 1 atom stereocenters. The topological polar surface area (TPSA) is 103 Å². The van der Waals surface area contributed by atoms with Crippen LogP contribution in [0.25, 0.3) is 0 Å². The molecule has 1 heterocycles. The lowest BCUT2D eigenvalue weighted by Crippen LogP contribution is -2.18. The van der Waals surface area contributed by atoms with Crippen LogP contribution in [0.15, 0.2) is 36.4 Å². The molecule has 0 fully saturated rings. The number of phenolic OH excluding ortho intramolecular Hbond substituents is 1. The number of halogens is 1. The van der Waals surface area contributed by atoms with Gasteiger partial charge in [0.25, 0.3) is 0 Å². The largest absolute Gasteiger partial charge is 0.508 e. The number of amides is 1. The molecule has 30 heavy (non-hydrogen) atoms. The van der Waals surface area contributed by atoms with Crippen molar-refractivity contribution in [1.82, 2.24) is 0 Å². The maximum absolute atomic E-state index is 12.5. The minimum Gasteiger partial charge on any atom is -0.508 e. The van der Waals surface area contributed by atoms with Crippen molar-refractivity contribution in [2.24, 2.45) is 0 Å². The van der Waals surface area contributed by atoms with E-state index in [2.05, 4.69) is 40.5 Å². The average molecular weight is 545 g/mol. The van der Waals surface area contributed by atoms with Crippen molar-refractivity contribution in [2.45, 2.75) is 18.9 Å². The third kappa shape index (κ3) is 6.08. The summed E-state index contributed by atoms with van der Waals surface area (Å²) in [6.07, 6.45) is -0.637. The fourth-order valence-electron chi connectivity index (χ4n) is 2.81. The van der Waals surface area contributed by atoms with Crippen molar-refractivity contribution < 1.29 is 33.6 Å². The van der Waals surface area contributed by atoms with Gasteiger partial charge >= 0.3 is 12.1 Å². The number of benzene rings is 2. The van der Waals surface area contributed by atoms with Gasteiger partial charge in [0.1, 0.15) is 11.9 Å². The molecule has 0 radical (unpaired) electrons. The van der Waals surface area contributed by atoms with E-state index in [4.69, 9.17) is 18.9 Å². The van der Waals surface area contributed by atoms with Crippen molar-refractivity contribution in [3.05, 3.63) is 45.5 Å². The number of nitrogens with one attached hydrogen (secondary N) is 1. The van der Waals surface area contributed by atoms with Crippen LogP contribution in [0.1, 0.15) is 24.5 Å². The number of esters is 1. The number of fused-ring (bicyclic) bond motifs is 1. The summed E-state index contributed by atoms with van der Waals surface area (Å²) in [7, 11) is 0. The quantitative estimate of drug-likeness (QED) is 0.197. The van der Waals surface area contributed by atoms with Crippen LogP contribution in [-0.4, -0.2) is 36.3 Å². The molecular formula is C20H20INO7S. The number of hydrogen-bond donors (Lipinski definition) is 3. The average Bonchev–Trinajstić information content (AvgIpc) is 3.19. The minimum absolute atomic E-state index is 0.00443. The van der Waals surface area contributed by atoms with Gasteiger partial charge in [0, 0.05) is 20.9 Å². The lowest BCUT2D eigenvalue weighted by Gasteiger charge is -2.20. The van der Waals surface area contributed by atoms with E-state index in [0.717, 1.165) is 3.57 Å². The van der Waals surface area contributed by atoms with E-state index in [1.54, 1.807) is 36.4 Å². The van der Waals surface area contributed by atoms with Gasteiger partial charge in [0.15, 0.2) is 11.5 Å². The number of anilines is 1. The van der Waals surface area contributed by atoms with Gasteiger partial charge in [-0.15, -0.1) is 0 Å². The number of carbonyl (C=O) groups excluding carboxylic acids is 2. The van der Waals surface area contributed by atoms with Crippen LogP contribution in [0.3, 0.4) is 0 Å². The summed E-state index contributed by atoms with van der Waals surface area (Å²) in [6.45, 7) is 0.294. The normalized spacial score (nSPS) is 12.9.